The van der Waals surface area contributed by atoms with Crippen LogP contribution >= 0.6 is 24.0 Å². The predicted octanol–water partition coefficient (Wildman–Crippen LogP) is 1.74. The van der Waals surface area contributed by atoms with Crippen LogP contribution < -0.4 is 10.6 Å². The molecule has 1 aromatic carbocycles. The minimum absolute atomic E-state index is 0. The first-order chi connectivity index (χ1) is 14.0. The van der Waals surface area contributed by atoms with Crippen LogP contribution in [-0.2, 0) is 6.42 Å². The largest absolute Gasteiger partial charge is 0.356 e. The van der Waals surface area contributed by atoms with Crippen molar-refractivity contribution < 1.29 is 4.79 Å². The van der Waals surface area contributed by atoms with E-state index in [-0.39, 0.29) is 29.9 Å². The minimum atomic E-state index is 0. The van der Waals surface area contributed by atoms with Crippen molar-refractivity contribution in [3.63, 3.8) is 0 Å². The molecule has 0 unspecified atom stereocenters. The molecule has 0 saturated carbocycles. The van der Waals surface area contributed by atoms with Gasteiger partial charge in [0.2, 0.25) is 0 Å². The normalized spacial score (nSPS) is 15.8. The quantitative estimate of drug-likeness (QED) is 0.232. The molecule has 1 amide bonds. The summed E-state index contributed by atoms with van der Waals surface area (Å²) >= 11 is 0. The van der Waals surface area contributed by atoms with E-state index in [4.69, 9.17) is 0 Å². The van der Waals surface area contributed by atoms with Crippen molar-refractivity contribution in [1.82, 2.24) is 25.3 Å². The maximum absolute atomic E-state index is 12.1. The monoisotopic (exact) mass is 530 g/mol. The van der Waals surface area contributed by atoms with Gasteiger partial charge in [0.1, 0.15) is 0 Å². The van der Waals surface area contributed by atoms with Gasteiger partial charge in [0.15, 0.2) is 5.96 Å². The van der Waals surface area contributed by atoms with Crippen molar-refractivity contribution in [1.29, 1.82) is 0 Å². The molecule has 1 fully saturated rings. The summed E-state index contributed by atoms with van der Waals surface area (Å²) in [5.41, 5.74) is 1.88. The Morgan fingerprint density at radius 1 is 1.13 bits per heavy atom. The fourth-order valence-corrected chi connectivity index (χ4v) is 3.50. The van der Waals surface area contributed by atoms with Gasteiger partial charge < -0.3 is 25.3 Å². The second-order valence-electron chi connectivity index (χ2n) is 7.93. The molecule has 0 aromatic heterocycles. The third-order valence-electron chi connectivity index (χ3n) is 5.27. The molecule has 1 aliphatic rings. The number of amides is 1. The molecule has 0 bridgehead atoms. The lowest BCUT2D eigenvalue weighted by Crippen LogP contribution is -2.40. The molecular formula is C22H39IN6O. The molecule has 7 nitrogen and oxygen atoms in total. The van der Waals surface area contributed by atoms with Gasteiger partial charge in [-0.15, -0.1) is 24.0 Å². The Balaban J connectivity index is 0.00000450. The van der Waals surface area contributed by atoms with E-state index in [0.29, 0.717) is 0 Å². The van der Waals surface area contributed by atoms with Gasteiger partial charge in [0, 0.05) is 52.9 Å². The lowest BCUT2D eigenvalue weighted by Gasteiger charge is -2.20. The maximum Gasteiger partial charge on any atom is 0.253 e. The van der Waals surface area contributed by atoms with Gasteiger partial charge in [-0.05, 0) is 63.6 Å². The van der Waals surface area contributed by atoms with Crippen LogP contribution in [0.25, 0.3) is 0 Å². The number of hydrogen-bond acceptors (Lipinski definition) is 4. The molecule has 170 valence electrons. The number of carbonyl (C=O) groups is 1. The molecule has 0 spiro atoms. The highest BCUT2D eigenvalue weighted by atomic mass is 127. The highest BCUT2D eigenvalue weighted by Gasteiger charge is 2.11. The third-order valence-corrected chi connectivity index (χ3v) is 5.27. The van der Waals surface area contributed by atoms with E-state index >= 15 is 0 Å². The number of nitrogens with zero attached hydrogens (tertiary/aromatic N) is 4. The molecule has 8 heteroatoms. The number of likely N-dealkylation sites (N-methyl/N-ethyl adjacent to an activating group) is 1. The van der Waals surface area contributed by atoms with E-state index in [1.807, 2.05) is 18.2 Å². The zero-order chi connectivity index (χ0) is 21.1. The lowest BCUT2D eigenvalue weighted by molar-refractivity contribution is 0.0827. The van der Waals surface area contributed by atoms with Crippen LogP contribution in [0.2, 0.25) is 0 Å². The molecule has 0 aliphatic carbocycles. The van der Waals surface area contributed by atoms with Crippen molar-refractivity contribution in [2.75, 3.05) is 74.0 Å². The van der Waals surface area contributed by atoms with Crippen LogP contribution in [0.15, 0.2) is 29.3 Å². The number of nitrogens with one attached hydrogen (secondary N) is 2. The smallest absolute Gasteiger partial charge is 0.253 e. The fraction of sp³-hybridized carbons (Fsp3) is 0.636. The van der Waals surface area contributed by atoms with E-state index in [9.17, 15) is 4.79 Å². The van der Waals surface area contributed by atoms with E-state index in [0.717, 1.165) is 56.1 Å². The van der Waals surface area contributed by atoms with E-state index in [1.165, 1.54) is 26.1 Å². The zero-order valence-corrected chi connectivity index (χ0v) is 21.3. The summed E-state index contributed by atoms with van der Waals surface area (Å²) in [7, 11) is 7.56. The average molecular weight is 530 g/mol. The van der Waals surface area contributed by atoms with Crippen LogP contribution in [-0.4, -0.2) is 101 Å². The summed E-state index contributed by atoms with van der Waals surface area (Å²) in [5, 5.41) is 6.77. The summed E-state index contributed by atoms with van der Waals surface area (Å²) in [6.07, 6.45) is 3.21. The number of guanidine groups is 1. The van der Waals surface area contributed by atoms with Crippen LogP contribution in [0, 0.1) is 0 Å². The molecule has 1 aromatic rings. The van der Waals surface area contributed by atoms with Gasteiger partial charge in [0.05, 0.1) is 0 Å². The van der Waals surface area contributed by atoms with Gasteiger partial charge >= 0.3 is 0 Å². The molecule has 1 saturated heterocycles. The van der Waals surface area contributed by atoms with Crippen molar-refractivity contribution in [3.8, 4) is 0 Å². The standard InChI is InChI=1S/C22H38N6O.HI/c1-23-22(24-11-6-14-28-15-7-13-27(4)16-17-28)25-12-10-19-8-5-9-20(18-19)21(29)26(2)3;/h5,8-9,18H,6-7,10-17H2,1-4H3,(H2,23,24,25);1H. The van der Waals surface area contributed by atoms with Crippen LogP contribution in [0.5, 0.6) is 0 Å². The summed E-state index contributed by atoms with van der Waals surface area (Å²) in [4.78, 5) is 23.0. The minimum Gasteiger partial charge on any atom is -0.356 e. The number of hydrogen-bond donors (Lipinski definition) is 2. The first-order valence-corrected chi connectivity index (χ1v) is 10.7. The molecule has 0 atom stereocenters. The van der Waals surface area contributed by atoms with E-state index < -0.39 is 0 Å². The maximum atomic E-state index is 12.1. The van der Waals surface area contributed by atoms with E-state index in [2.05, 4.69) is 38.5 Å². The Hall–Kier alpha value is -1.39. The first kappa shape index (κ1) is 26.6. The summed E-state index contributed by atoms with van der Waals surface area (Å²) in [6, 6.07) is 7.84. The van der Waals surface area contributed by atoms with Crippen LogP contribution in [0.1, 0.15) is 28.8 Å². The van der Waals surface area contributed by atoms with Crippen molar-refractivity contribution in [2.24, 2.45) is 4.99 Å². The summed E-state index contributed by atoms with van der Waals surface area (Å²) < 4.78 is 0. The second kappa shape index (κ2) is 14.6. The molecule has 0 radical (unpaired) electrons. The topological polar surface area (TPSA) is 63.2 Å². The van der Waals surface area contributed by atoms with Crippen LogP contribution in [0.4, 0.5) is 0 Å². The van der Waals surface area contributed by atoms with Gasteiger partial charge in [-0.3, -0.25) is 9.79 Å². The predicted molar refractivity (Wildman–Crippen MR) is 136 cm³/mol. The Bertz CT molecular complexity index is 667. The third kappa shape index (κ3) is 9.61. The zero-order valence-electron chi connectivity index (χ0n) is 19.0. The van der Waals surface area contributed by atoms with Crippen molar-refractivity contribution in [3.05, 3.63) is 35.4 Å². The lowest BCUT2D eigenvalue weighted by atomic mass is 10.1. The molecule has 1 aliphatic heterocycles. The van der Waals surface area contributed by atoms with Crippen molar-refractivity contribution >= 4 is 35.8 Å². The number of aliphatic imine (C=N–C) groups is 1. The van der Waals surface area contributed by atoms with Gasteiger partial charge in [0.25, 0.3) is 5.91 Å². The number of halogens is 1. The molecule has 2 N–H and O–H groups in total. The Labute approximate surface area is 199 Å². The first-order valence-electron chi connectivity index (χ1n) is 10.7. The highest BCUT2D eigenvalue weighted by molar-refractivity contribution is 14.0. The summed E-state index contributed by atoms with van der Waals surface area (Å²) in [6.45, 7) is 7.56. The molecule has 1 heterocycles. The highest BCUT2D eigenvalue weighted by Crippen LogP contribution is 2.07. The SMILES string of the molecule is CN=C(NCCCN1CCCN(C)CC1)NCCc1cccc(C(=O)N(C)C)c1.I. The average Bonchev–Trinajstić information content (AvgIpc) is 2.93. The Morgan fingerprint density at radius 2 is 1.90 bits per heavy atom. The van der Waals surface area contributed by atoms with Crippen LogP contribution in [0.3, 0.4) is 0 Å². The number of benzene rings is 1. The van der Waals surface area contributed by atoms with Crippen molar-refractivity contribution in [2.45, 2.75) is 19.3 Å². The Morgan fingerprint density at radius 3 is 2.63 bits per heavy atom. The fourth-order valence-electron chi connectivity index (χ4n) is 3.50. The second-order valence-corrected chi connectivity index (χ2v) is 7.93. The van der Waals surface area contributed by atoms with Gasteiger partial charge in [-0.25, -0.2) is 0 Å². The van der Waals surface area contributed by atoms with Gasteiger partial charge in [-0.1, -0.05) is 12.1 Å². The molecule has 2 rings (SSSR count). The van der Waals surface area contributed by atoms with Gasteiger partial charge in [-0.2, -0.15) is 0 Å². The Kier molecular flexibility index (Phi) is 13.0. The van der Waals surface area contributed by atoms with E-state index in [1.54, 1.807) is 26.0 Å². The summed E-state index contributed by atoms with van der Waals surface area (Å²) in [5.74, 6) is 0.870. The molecule has 30 heavy (non-hydrogen) atoms. The number of rotatable bonds is 8. The number of carbonyl (C=O) groups excluding carboxylic acids is 1. The molecular weight excluding hydrogens is 491 g/mol.